The summed E-state index contributed by atoms with van der Waals surface area (Å²) in [5.41, 5.74) is 3.14. The van der Waals surface area contributed by atoms with Gasteiger partial charge in [0.25, 0.3) is 5.91 Å². The maximum absolute atomic E-state index is 12.5. The first-order chi connectivity index (χ1) is 13.3. The fourth-order valence-corrected chi connectivity index (χ4v) is 3.97. The van der Waals surface area contributed by atoms with Crippen LogP contribution in [0, 0.1) is 6.92 Å². The van der Waals surface area contributed by atoms with E-state index in [2.05, 4.69) is 51.1 Å². The number of rotatable bonds is 5. The van der Waals surface area contributed by atoms with Crippen LogP contribution in [0.2, 0.25) is 5.02 Å². The Morgan fingerprint density at radius 2 is 1.89 bits per heavy atom. The van der Waals surface area contributed by atoms with Gasteiger partial charge in [0.1, 0.15) is 5.75 Å². The fourth-order valence-electron chi connectivity index (χ4n) is 3.19. The smallest absolute Gasteiger partial charge is 0.265 e. The summed E-state index contributed by atoms with van der Waals surface area (Å²) in [4.78, 5) is 17.3. The average Bonchev–Trinajstić information content (AvgIpc) is 2.65. The van der Waals surface area contributed by atoms with E-state index in [1.165, 1.54) is 5.69 Å². The van der Waals surface area contributed by atoms with Crippen LogP contribution in [0.5, 0.6) is 5.75 Å². The van der Waals surface area contributed by atoms with Crippen LogP contribution in [0.4, 0.5) is 11.4 Å². The lowest BCUT2D eigenvalue weighted by molar-refractivity contribution is -0.122. The van der Waals surface area contributed by atoms with Crippen molar-refractivity contribution >= 4 is 44.8 Å². The van der Waals surface area contributed by atoms with Gasteiger partial charge in [-0.2, -0.15) is 0 Å². The second kappa shape index (κ2) is 9.16. The third-order valence-electron chi connectivity index (χ3n) is 4.88. The number of nitrogens with zero attached hydrogens (tertiary/aromatic N) is 2. The number of aryl methyl sites for hydroxylation is 1. The van der Waals surface area contributed by atoms with Gasteiger partial charge in [0.2, 0.25) is 0 Å². The maximum Gasteiger partial charge on any atom is 0.265 e. The van der Waals surface area contributed by atoms with E-state index >= 15 is 0 Å². The predicted octanol–water partition coefficient (Wildman–Crippen LogP) is 4.57. The van der Waals surface area contributed by atoms with Crippen molar-refractivity contribution in [2.75, 3.05) is 43.4 Å². The molecule has 0 aromatic heterocycles. The molecule has 1 atom stereocenters. The van der Waals surface area contributed by atoms with E-state index in [0.717, 1.165) is 37.4 Å². The zero-order chi connectivity index (χ0) is 20.3. The lowest BCUT2D eigenvalue weighted by Crippen LogP contribution is -2.44. The molecule has 7 heteroatoms. The van der Waals surface area contributed by atoms with Gasteiger partial charge in [0.15, 0.2) is 6.10 Å². The average molecular weight is 467 g/mol. The minimum absolute atomic E-state index is 0.200. The summed E-state index contributed by atoms with van der Waals surface area (Å²) in [6.45, 7) is 7.96. The number of ether oxygens (including phenoxy) is 1. The molecule has 2 aromatic carbocycles. The molecular weight excluding hydrogens is 442 g/mol. The summed E-state index contributed by atoms with van der Waals surface area (Å²) >= 11 is 9.35. The number of carbonyl (C=O) groups is 1. The molecule has 0 bridgehead atoms. The van der Waals surface area contributed by atoms with Gasteiger partial charge in [-0.15, -0.1) is 0 Å². The fraction of sp³-hybridized carbons (Fsp3) is 0.381. The number of halogens is 2. The zero-order valence-corrected chi connectivity index (χ0v) is 18.7. The van der Waals surface area contributed by atoms with Crippen molar-refractivity contribution in [2.45, 2.75) is 20.0 Å². The Hall–Kier alpha value is -1.76. The largest absolute Gasteiger partial charge is 0.480 e. The number of nitrogens with one attached hydrogen (secondary N) is 1. The quantitative estimate of drug-likeness (QED) is 0.701. The molecule has 0 radical (unpaired) electrons. The molecule has 1 saturated heterocycles. The number of likely N-dealkylation sites (N-methyl/N-ethyl adjacent to an activating group) is 1. The van der Waals surface area contributed by atoms with Crippen LogP contribution in [-0.2, 0) is 4.79 Å². The molecule has 1 unspecified atom stereocenters. The SMILES string of the molecule is Cc1cc(NC(=O)C(C)Oc2ccc(Cl)cc2Br)ccc1N1CCN(C)CC1. The number of hydrogen-bond acceptors (Lipinski definition) is 4. The summed E-state index contributed by atoms with van der Waals surface area (Å²) in [6.07, 6.45) is -0.643. The molecule has 3 rings (SSSR count). The van der Waals surface area contributed by atoms with Crippen LogP contribution in [-0.4, -0.2) is 50.1 Å². The standard InChI is InChI=1S/C21H25BrClN3O2/c1-14-12-17(5-6-19(14)26-10-8-25(3)9-11-26)24-21(27)15(2)28-20-7-4-16(23)13-18(20)22/h4-7,12-13,15H,8-11H2,1-3H3,(H,24,27). The number of carbonyl (C=O) groups excluding carboxylic acids is 1. The van der Waals surface area contributed by atoms with Crippen molar-refractivity contribution in [3.8, 4) is 5.75 Å². The second-order valence-corrected chi connectivity index (χ2v) is 8.41. The number of anilines is 2. The molecule has 1 amide bonds. The first kappa shape index (κ1) is 21.0. The Labute approximate surface area is 179 Å². The first-order valence-corrected chi connectivity index (χ1v) is 10.5. The van der Waals surface area contributed by atoms with Crippen LogP contribution in [0.15, 0.2) is 40.9 Å². The minimum atomic E-state index is -0.643. The highest BCUT2D eigenvalue weighted by atomic mass is 79.9. The molecule has 1 aliphatic heterocycles. The summed E-state index contributed by atoms with van der Waals surface area (Å²) in [7, 11) is 2.15. The van der Waals surface area contributed by atoms with Crippen LogP contribution in [0.25, 0.3) is 0 Å². The summed E-state index contributed by atoms with van der Waals surface area (Å²) in [5.74, 6) is 0.377. The van der Waals surface area contributed by atoms with Crippen molar-refractivity contribution in [3.63, 3.8) is 0 Å². The molecule has 5 nitrogen and oxygen atoms in total. The molecule has 150 valence electrons. The highest BCUT2D eigenvalue weighted by Crippen LogP contribution is 2.29. The third-order valence-corrected chi connectivity index (χ3v) is 5.73. The predicted molar refractivity (Wildman–Crippen MR) is 119 cm³/mol. The molecule has 1 heterocycles. The van der Waals surface area contributed by atoms with Crippen LogP contribution >= 0.6 is 27.5 Å². The summed E-state index contributed by atoms with van der Waals surface area (Å²) in [5, 5.41) is 3.54. The molecule has 1 N–H and O–H groups in total. The third kappa shape index (κ3) is 5.19. The number of hydrogen-bond donors (Lipinski definition) is 1. The maximum atomic E-state index is 12.5. The van der Waals surface area contributed by atoms with E-state index in [4.69, 9.17) is 16.3 Å². The van der Waals surface area contributed by atoms with Crippen molar-refractivity contribution in [2.24, 2.45) is 0 Å². The van der Waals surface area contributed by atoms with Gasteiger partial charge in [0.05, 0.1) is 4.47 Å². The number of benzene rings is 2. The van der Waals surface area contributed by atoms with Gasteiger partial charge in [-0.05, 0) is 78.8 Å². The van der Waals surface area contributed by atoms with Gasteiger partial charge < -0.3 is 19.9 Å². The molecule has 1 aliphatic rings. The van der Waals surface area contributed by atoms with Gasteiger partial charge in [0, 0.05) is 42.6 Å². The minimum Gasteiger partial charge on any atom is -0.480 e. The Morgan fingerprint density at radius 1 is 1.18 bits per heavy atom. The second-order valence-electron chi connectivity index (χ2n) is 7.12. The highest BCUT2D eigenvalue weighted by Gasteiger charge is 2.19. The van der Waals surface area contributed by atoms with E-state index < -0.39 is 6.10 Å². The molecule has 0 aliphatic carbocycles. The highest BCUT2D eigenvalue weighted by molar-refractivity contribution is 9.10. The van der Waals surface area contributed by atoms with E-state index in [1.807, 2.05) is 12.1 Å². The van der Waals surface area contributed by atoms with Crippen LogP contribution in [0.1, 0.15) is 12.5 Å². The topological polar surface area (TPSA) is 44.8 Å². The van der Waals surface area contributed by atoms with E-state index in [1.54, 1.807) is 25.1 Å². The number of amides is 1. The van der Waals surface area contributed by atoms with Crippen molar-refractivity contribution < 1.29 is 9.53 Å². The lowest BCUT2D eigenvalue weighted by atomic mass is 10.1. The zero-order valence-electron chi connectivity index (χ0n) is 16.3. The Balaban J connectivity index is 1.62. The summed E-state index contributed by atoms with van der Waals surface area (Å²) in [6, 6.07) is 11.2. The summed E-state index contributed by atoms with van der Waals surface area (Å²) < 4.78 is 6.48. The first-order valence-electron chi connectivity index (χ1n) is 9.30. The molecule has 2 aromatic rings. The van der Waals surface area contributed by atoms with Gasteiger partial charge in [-0.1, -0.05) is 11.6 Å². The van der Waals surface area contributed by atoms with Crippen LogP contribution < -0.4 is 15.0 Å². The lowest BCUT2D eigenvalue weighted by Gasteiger charge is -2.35. The van der Waals surface area contributed by atoms with E-state index in [9.17, 15) is 4.79 Å². The Morgan fingerprint density at radius 3 is 2.54 bits per heavy atom. The van der Waals surface area contributed by atoms with E-state index in [-0.39, 0.29) is 5.91 Å². The molecule has 1 fully saturated rings. The Kier molecular flexibility index (Phi) is 6.86. The van der Waals surface area contributed by atoms with Crippen LogP contribution in [0.3, 0.4) is 0 Å². The monoisotopic (exact) mass is 465 g/mol. The molecule has 28 heavy (non-hydrogen) atoms. The van der Waals surface area contributed by atoms with Crippen molar-refractivity contribution in [1.82, 2.24) is 4.90 Å². The van der Waals surface area contributed by atoms with Gasteiger partial charge >= 0.3 is 0 Å². The normalized spacial score (nSPS) is 16.0. The molecule has 0 saturated carbocycles. The van der Waals surface area contributed by atoms with Gasteiger partial charge in [-0.3, -0.25) is 4.79 Å². The van der Waals surface area contributed by atoms with Crippen molar-refractivity contribution in [3.05, 3.63) is 51.5 Å². The Bertz CT molecular complexity index is 854. The molecular formula is C21H25BrClN3O2. The van der Waals surface area contributed by atoms with Crippen molar-refractivity contribution in [1.29, 1.82) is 0 Å². The van der Waals surface area contributed by atoms with Gasteiger partial charge in [-0.25, -0.2) is 0 Å². The van der Waals surface area contributed by atoms with E-state index in [0.29, 0.717) is 15.2 Å². The molecule has 0 spiro atoms. The number of piperazine rings is 1.